The van der Waals surface area contributed by atoms with E-state index in [2.05, 4.69) is 17.2 Å². The van der Waals surface area contributed by atoms with Crippen LogP contribution in [0, 0.1) is 11.8 Å². The van der Waals surface area contributed by atoms with Gasteiger partial charge in [0.25, 0.3) is 0 Å². The van der Waals surface area contributed by atoms with Crippen molar-refractivity contribution in [2.75, 3.05) is 11.9 Å². The molecule has 0 aromatic carbocycles. The van der Waals surface area contributed by atoms with E-state index < -0.39 is 0 Å². The number of anilines is 1. The van der Waals surface area contributed by atoms with Crippen molar-refractivity contribution in [2.45, 2.75) is 32.6 Å². The zero-order valence-electron chi connectivity index (χ0n) is 9.45. The quantitative estimate of drug-likeness (QED) is 0.817. The third kappa shape index (κ3) is 3.22. The predicted molar refractivity (Wildman–Crippen MR) is 63.8 cm³/mol. The van der Waals surface area contributed by atoms with Gasteiger partial charge >= 0.3 is 0 Å². The summed E-state index contributed by atoms with van der Waals surface area (Å²) >= 11 is 0. The van der Waals surface area contributed by atoms with Gasteiger partial charge in [0.15, 0.2) is 0 Å². The lowest BCUT2D eigenvalue weighted by Crippen LogP contribution is -2.20. The zero-order chi connectivity index (χ0) is 10.5. The molecule has 1 heterocycles. The average molecular weight is 204 g/mol. The van der Waals surface area contributed by atoms with Gasteiger partial charge in [-0.1, -0.05) is 25.8 Å². The van der Waals surface area contributed by atoms with Crippen LogP contribution in [0.1, 0.15) is 32.6 Å². The number of aromatic nitrogens is 1. The van der Waals surface area contributed by atoms with E-state index in [9.17, 15) is 0 Å². The van der Waals surface area contributed by atoms with E-state index in [1.165, 1.54) is 25.7 Å². The molecule has 0 unspecified atom stereocenters. The SMILES string of the molecule is CC1CCC(CNc2ccccn2)CC1. The number of hydrogen-bond donors (Lipinski definition) is 1. The maximum atomic E-state index is 4.27. The van der Waals surface area contributed by atoms with E-state index >= 15 is 0 Å². The third-order valence-corrected chi connectivity index (χ3v) is 3.37. The van der Waals surface area contributed by atoms with E-state index in [0.29, 0.717) is 0 Å². The summed E-state index contributed by atoms with van der Waals surface area (Å²) in [7, 11) is 0. The molecule has 1 saturated carbocycles. The molecule has 1 aromatic heterocycles. The Labute approximate surface area is 92.1 Å². The minimum Gasteiger partial charge on any atom is -0.370 e. The third-order valence-electron chi connectivity index (χ3n) is 3.37. The Morgan fingerprint density at radius 2 is 2.07 bits per heavy atom. The van der Waals surface area contributed by atoms with E-state index in [0.717, 1.165) is 24.2 Å². The van der Waals surface area contributed by atoms with Crippen molar-refractivity contribution in [1.82, 2.24) is 4.98 Å². The molecule has 2 heteroatoms. The summed E-state index contributed by atoms with van der Waals surface area (Å²) in [5.41, 5.74) is 0. The Morgan fingerprint density at radius 3 is 2.73 bits per heavy atom. The van der Waals surface area contributed by atoms with E-state index in [4.69, 9.17) is 0 Å². The number of hydrogen-bond acceptors (Lipinski definition) is 2. The molecule has 0 amide bonds. The minimum absolute atomic E-state index is 0.850. The van der Waals surface area contributed by atoms with E-state index in [1.807, 2.05) is 24.4 Å². The first-order valence-corrected chi connectivity index (χ1v) is 5.99. The van der Waals surface area contributed by atoms with Gasteiger partial charge in [-0.3, -0.25) is 0 Å². The van der Waals surface area contributed by atoms with Crippen molar-refractivity contribution in [1.29, 1.82) is 0 Å². The van der Waals surface area contributed by atoms with Crippen molar-refractivity contribution in [3.05, 3.63) is 24.4 Å². The number of rotatable bonds is 3. The van der Waals surface area contributed by atoms with Crippen molar-refractivity contribution in [3.8, 4) is 0 Å². The normalized spacial score (nSPS) is 26.2. The smallest absolute Gasteiger partial charge is 0.125 e. The van der Waals surface area contributed by atoms with Gasteiger partial charge in [-0.25, -0.2) is 4.98 Å². The van der Waals surface area contributed by atoms with Gasteiger partial charge in [0.05, 0.1) is 0 Å². The summed E-state index contributed by atoms with van der Waals surface area (Å²) in [6.07, 6.45) is 7.39. The molecule has 0 aliphatic heterocycles. The van der Waals surface area contributed by atoms with Crippen molar-refractivity contribution < 1.29 is 0 Å². The van der Waals surface area contributed by atoms with Crippen LogP contribution in [0.4, 0.5) is 5.82 Å². The second kappa shape index (κ2) is 5.15. The van der Waals surface area contributed by atoms with Gasteiger partial charge < -0.3 is 5.32 Å². The molecule has 1 aliphatic rings. The second-order valence-electron chi connectivity index (χ2n) is 4.72. The van der Waals surface area contributed by atoms with Crippen LogP contribution in [-0.4, -0.2) is 11.5 Å². The first kappa shape index (κ1) is 10.5. The molecule has 1 aliphatic carbocycles. The highest BCUT2D eigenvalue weighted by molar-refractivity contribution is 5.32. The highest BCUT2D eigenvalue weighted by Crippen LogP contribution is 2.28. The molecule has 15 heavy (non-hydrogen) atoms. The van der Waals surface area contributed by atoms with Gasteiger partial charge in [0.2, 0.25) is 0 Å². The largest absolute Gasteiger partial charge is 0.370 e. The van der Waals surface area contributed by atoms with Gasteiger partial charge in [-0.15, -0.1) is 0 Å². The summed E-state index contributed by atoms with van der Waals surface area (Å²) in [6, 6.07) is 6.01. The van der Waals surface area contributed by atoms with Crippen molar-refractivity contribution >= 4 is 5.82 Å². The molecule has 1 N–H and O–H groups in total. The van der Waals surface area contributed by atoms with Gasteiger partial charge in [0.1, 0.15) is 5.82 Å². The summed E-state index contributed by atoms with van der Waals surface area (Å²) in [5, 5.41) is 3.42. The van der Waals surface area contributed by atoms with E-state index in [1.54, 1.807) is 0 Å². The molecular weight excluding hydrogens is 184 g/mol. The lowest BCUT2D eigenvalue weighted by Gasteiger charge is -2.26. The fourth-order valence-electron chi connectivity index (χ4n) is 2.25. The highest BCUT2D eigenvalue weighted by atomic mass is 15.0. The average Bonchev–Trinajstić information content (AvgIpc) is 2.30. The fraction of sp³-hybridized carbons (Fsp3) is 0.615. The van der Waals surface area contributed by atoms with Crippen LogP contribution in [0.3, 0.4) is 0 Å². The molecule has 0 saturated heterocycles. The van der Waals surface area contributed by atoms with Crippen LogP contribution in [-0.2, 0) is 0 Å². The maximum Gasteiger partial charge on any atom is 0.125 e. The summed E-state index contributed by atoms with van der Waals surface area (Å²) in [5.74, 6) is 2.80. The first-order chi connectivity index (χ1) is 7.34. The number of nitrogens with zero attached hydrogens (tertiary/aromatic N) is 1. The Morgan fingerprint density at radius 1 is 1.27 bits per heavy atom. The predicted octanol–water partition coefficient (Wildman–Crippen LogP) is 3.32. The van der Waals surface area contributed by atoms with Gasteiger partial charge in [-0.05, 0) is 36.8 Å². The standard InChI is InChI=1S/C13H20N2/c1-11-5-7-12(8-6-11)10-15-13-4-2-3-9-14-13/h2-4,9,11-12H,5-8,10H2,1H3,(H,14,15). The Bertz CT molecular complexity index is 276. The molecule has 0 atom stereocenters. The highest BCUT2D eigenvalue weighted by Gasteiger charge is 2.17. The lowest BCUT2D eigenvalue weighted by atomic mass is 9.83. The van der Waals surface area contributed by atoms with Crippen LogP contribution < -0.4 is 5.32 Å². The Kier molecular flexibility index (Phi) is 3.59. The first-order valence-electron chi connectivity index (χ1n) is 5.99. The van der Waals surface area contributed by atoms with Crippen LogP contribution in [0.25, 0.3) is 0 Å². The second-order valence-corrected chi connectivity index (χ2v) is 4.72. The summed E-state index contributed by atoms with van der Waals surface area (Å²) in [6.45, 7) is 3.45. The lowest BCUT2D eigenvalue weighted by molar-refractivity contribution is 0.300. The Balaban J connectivity index is 1.74. The molecular formula is C13H20N2. The molecule has 0 spiro atoms. The Hall–Kier alpha value is -1.05. The van der Waals surface area contributed by atoms with Gasteiger partial charge in [0, 0.05) is 12.7 Å². The number of pyridine rings is 1. The summed E-state index contributed by atoms with van der Waals surface area (Å²) in [4.78, 5) is 4.27. The van der Waals surface area contributed by atoms with Crippen LogP contribution >= 0.6 is 0 Å². The minimum atomic E-state index is 0.850. The molecule has 0 radical (unpaired) electrons. The molecule has 2 rings (SSSR count). The zero-order valence-corrected chi connectivity index (χ0v) is 9.45. The molecule has 82 valence electrons. The molecule has 0 bridgehead atoms. The molecule has 1 aromatic rings. The van der Waals surface area contributed by atoms with Crippen LogP contribution in [0.15, 0.2) is 24.4 Å². The van der Waals surface area contributed by atoms with Crippen LogP contribution in [0.5, 0.6) is 0 Å². The summed E-state index contributed by atoms with van der Waals surface area (Å²) < 4.78 is 0. The van der Waals surface area contributed by atoms with Gasteiger partial charge in [-0.2, -0.15) is 0 Å². The van der Waals surface area contributed by atoms with Crippen LogP contribution in [0.2, 0.25) is 0 Å². The monoisotopic (exact) mass is 204 g/mol. The van der Waals surface area contributed by atoms with Crippen molar-refractivity contribution in [3.63, 3.8) is 0 Å². The maximum absolute atomic E-state index is 4.27. The van der Waals surface area contributed by atoms with E-state index in [-0.39, 0.29) is 0 Å². The number of nitrogens with one attached hydrogen (secondary N) is 1. The molecule has 1 fully saturated rings. The molecule has 2 nitrogen and oxygen atoms in total. The topological polar surface area (TPSA) is 24.9 Å². The fourth-order valence-corrected chi connectivity index (χ4v) is 2.25. The van der Waals surface area contributed by atoms with Crippen molar-refractivity contribution in [2.24, 2.45) is 11.8 Å².